The summed E-state index contributed by atoms with van der Waals surface area (Å²) < 4.78 is 11.1. The van der Waals surface area contributed by atoms with E-state index in [4.69, 9.17) is 14.6 Å². The van der Waals surface area contributed by atoms with Crippen molar-refractivity contribution >= 4 is 18.1 Å². The van der Waals surface area contributed by atoms with Crippen LogP contribution in [0, 0.1) is 6.92 Å². The molecule has 0 saturated heterocycles. The van der Waals surface area contributed by atoms with E-state index in [9.17, 15) is 4.79 Å². The molecule has 31 heavy (non-hydrogen) atoms. The Morgan fingerprint density at radius 3 is 2.26 bits per heavy atom. The second-order valence-electron chi connectivity index (χ2n) is 7.12. The lowest BCUT2D eigenvalue weighted by Crippen LogP contribution is -2.22. The van der Waals surface area contributed by atoms with E-state index in [0.717, 1.165) is 16.7 Å². The molecule has 0 atom stereocenters. The van der Waals surface area contributed by atoms with Gasteiger partial charge in [0, 0.05) is 12.1 Å². The van der Waals surface area contributed by atoms with Crippen molar-refractivity contribution in [1.82, 2.24) is 5.32 Å². The molecule has 0 saturated carbocycles. The molecule has 0 aliphatic rings. The number of methoxy groups -OCH3 is 2. The number of hydrogen-bond acceptors (Lipinski definition) is 4. The van der Waals surface area contributed by atoms with Crippen LogP contribution in [0.5, 0.6) is 11.5 Å². The largest absolute Gasteiger partial charge is 0.496 e. The van der Waals surface area contributed by atoms with Crippen molar-refractivity contribution in [1.29, 1.82) is 0 Å². The molecule has 160 valence electrons. The van der Waals surface area contributed by atoms with E-state index in [0.29, 0.717) is 18.0 Å². The summed E-state index contributed by atoms with van der Waals surface area (Å²) in [5.41, 5.74) is 6.45. The molecule has 0 aromatic heterocycles. The van der Waals surface area contributed by atoms with Crippen molar-refractivity contribution in [2.24, 2.45) is 0 Å². The zero-order valence-electron chi connectivity index (χ0n) is 18.0. The van der Waals surface area contributed by atoms with Gasteiger partial charge in [-0.05, 0) is 46.9 Å². The molecule has 3 aromatic rings. The summed E-state index contributed by atoms with van der Waals surface area (Å²) in [5, 5.41) is 11.7. The monoisotopic (exact) mass is 417 g/mol. The van der Waals surface area contributed by atoms with Crippen molar-refractivity contribution in [2.75, 3.05) is 20.8 Å². The van der Waals surface area contributed by atoms with Gasteiger partial charge in [0.2, 0.25) is 0 Å². The molecule has 0 unspecified atom stereocenters. The number of aliphatic carboxylic acids is 1. The van der Waals surface area contributed by atoms with Crippen molar-refractivity contribution in [3.8, 4) is 22.6 Å². The molecule has 0 aliphatic carbocycles. The lowest BCUT2D eigenvalue weighted by molar-refractivity contribution is -0.136. The number of rotatable bonds is 9. The second-order valence-corrected chi connectivity index (χ2v) is 7.12. The maximum absolute atomic E-state index is 10.8. The number of carbonyl (C=O) groups is 1. The van der Waals surface area contributed by atoms with Crippen LogP contribution in [-0.2, 0) is 11.3 Å². The predicted molar refractivity (Wildman–Crippen MR) is 124 cm³/mol. The van der Waals surface area contributed by atoms with Crippen LogP contribution in [0.2, 0.25) is 0 Å². The van der Waals surface area contributed by atoms with Crippen molar-refractivity contribution in [3.63, 3.8) is 0 Å². The third-order valence-corrected chi connectivity index (χ3v) is 5.12. The van der Waals surface area contributed by atoms with Crippen LogP contribution in [0.25, 0.3) is 23.3 Å². The Bertz CT molecular complexity index is 1050. The fourth-order valence-electron chi connectivity index (χ4n) is 3.52. The van der Waals surface area contributed by atoms with Gasteiger partial charge in [0.05, 0.1) is 20.8 Å². The van der Waals surface area contributed by atoms with E-state index in [1.54, 1.807) is 14.2 Å². The standard InChI is InChI=1S/C26H27NO4/c1-18-20(10-7-11-22(18)21-8-5-4-6-9-21)13-12-19-14-24(30-2)23(25(15-19)31-3)16-27-17-26(28)29/h4-15,27H,16-17H2,1-3H3,(H,28,29)/b13-12+. The number of hydrogen-bond donors (Lipinski definition) is 2. The highest BCUT2D eigenvalue weighted by atomic mass is 16.5. The molecule has 0 fully saturated rings. The Hall–Kier alpha value is -3.57. The first-order valence-corrected chi connectivity index (χ1v) is 10.0. The molecule has 0 heterocycles. The third-order valence-electron chi connectivity index (χ3n) is 5.12. The molecule has 0 bridgehead atoms. The summed E-state index contributed by atoms with van der Waals surface area (Å²) in [6.07, 6.45) is 4.11. The predicted octanol–water partition coefficient (Wildman–Crippen LogP) is 5.02. The van der Waals surface area contributed by atoms with E-state index in [-0.39, 0.29) is 6.54 Å². The number of ether oxygens (including phenoxy) is 2. The molecule has 3 aromatic carbocycles. The first-order chi connectivity index (χ1) is 15.0. The Kier molecular flexibility index (Phi) is 7.46. The van der Waals surface area contributed by atoms with Crippen LogP contribution in [0.4, 0.5) is 0 Å². The lowest BCUT2D eigenvalue weighted by Gasteiger charge is -2.15. The van der Waals surface area contributed by atoms with Crippen LogP contribution < -0.4 is 14.8 Å². The minimum atomic E-state index is -0.911. The molecular weight excluding hydrogens is 390 g/mol. The topological polar surface area (TPSA) is 67.8 Å². The molecule has 0 radical (unpaired) electrons. The van der Waals surface area contributed by atoms with Gasteiger partial charge in [-0.25, -0.2) is 0 Å². The Balaban J connectivity index is 1.90. The normalized spacial score (nSPS) is 10.9. The van der Waals surface area contributed by atoms with Gasteiger partial charge in [0.1, 0.15) is 11.5 Å². The first kappa shape index (κ1) is 22.1. The SMILES string of the molecule is COc1cc(/C=C/c2cccc(-c3ccccc3)c2C)cc(OC)c1CNCC(=O)O. The van der Waals surface area contributed by atoms with Gasteiger partial charge in [0.15, 0.2) is 0 Å². The van der Waals surface area contributed by atoms with Crippen molar-refractivity contribution in [2.45, 2.75) is 13.5 Å². The maximum Gasteiger partial charge on any atom is 0.317 e. The van der Waals surface area contributed by atoms with E-state index in [1.165, 1.54) is 16.7 Å². The minimum absolute atomic E-state index is 0.134. The van der Waals surface area contributed by atoms with Crippen LogP contribution >= 0.6 is 0 Å². The fraction of sp³-hybridized carbons (Fsp3) is 0.192. The Morgan fingerprint density at radius 1 is 0.968 bits per heavy atom. The molecule has 2 N–H and O–H groups in total. The zero-order chi connectivity index (χ0) is 22.2. The van der Waals surface area contributed by atoms with E-state index < -0.39 is 5.97 Å². The number of carboxylic acid groups (broad SMARTS) is 1. The minimum Gasteiger partial charge on any atom is -0.496 e. The van der Waals surface area contributed by atoms with Crippen molar-refractivity contribution in [3.05, 3.63) is 82.9 Å². The average molecular weight is 418 g/mol. The number of nitrogens with one attached hydrogen (secondary N) is 1. The lowest BCUT2D eigenvalue weighted by atomic mass is 9.96. The van der Waals surface area contributed by atoms with Crippen molar-refractivity contribution < 1.29 is 19.4 Å². The molecular formula is C26H27NO4. The molecule has 5 nitrogen and oxygen atoms in total. The van der Waals surface area contributed by atoms with E-state index in [2.05, 4.69) is 48.6 Å². The highest BCUT2D eigenvalue weighted by molar-refractivity contribution is 5.78. The van der Waals surface area contributed by atoms with Gasteiger partial charge in [-0.1, -0.05) is 60.7 Å². The first-order valence-electron chi connectivity index (χ1n) is 10.0. The van der Waals surface area contributed by atoms with Crippen LogP contribution in [0.1, 0.15) is 22.3 Å². The molecule has 3 rings (SSSR count). The van der Waals surface area contributed by atoms with Gasteiger partial charge in [-0.3, -0.25) is 4.79 Å². The smallest absolute Gasteiger partial charge is 0.317 e. The van der Waals surface area contributed by atoms with Gasteiger partial charge >= 0.3 is 5.97 Å². The summed E-state index contributed by atoms with van der Waals surface area (Å²) in [5.74, 6) is 0.379. The summed E-state index contributed by atoms with van der Waals surface area (Å²) in [6.45, 7) is 2.33. The van der Waals surface area contributed by atoms with Crippen LogP contribution in [0.15, 0.2) is 60.7 Å². The maximum atomic E-state index is 10.8. The van der Waals surface area contributed by atoms with Gasteiger partial charge in [-0.15, -0.1) is 0 Å². The average Bonchev–Trinajstić information content (AvgIpc) is 2.79. The van der Waals surface area contributed by atoms with Gasteiger partial charge < -0.3 is 19.9 Å². The van der Waals surface area contributed by atoms with Crippen LogP contribution in [-0.4, -0.2) is 31.8 Å². The summed E-state index contributed by atoms with van der Waals surface area (Å²) in [4.78, 5) is 10.8. The van der Waals surface area contributed by atoms with E-state index in [1.807, 2.05) is 36.4 Å². The summed E-state index contributed by atoms with van der Waals surface area (Å²) in [7, 11) is 3.19. The number of benzene rings is 3. The highest BCUT2D eigenvalue weighted by Crippen LogP contribution is 2.32. The molecule has 0 aliphatic heterocycles. The summed E-state index contributed by atoms with van der Waals surface area (Å²) in [6, 6.07) is 20.5. The van der Waals surface area contributed by atoms with Gasteiger partial charge in [-0.2, -0.15) is 0 Å². The fourth-order valence-corrected chi connectivity index (χ4v) is 3.52. The van der Waals surface area contributed by atoms with Crippen LogP contribution in [0.3, 0.4) is 0 Å². The quantitative estimate of drug-likeness (QED) is 0.478. The second kappa shape index (κ2) is 10.5. The molecule has 0 spiro atoms. The molecule has 5 heteroatoms. The van der Waals surface area contributed by atoms with Gasteiger partial charge in [0.25, 0.3) is 0 Å². The Morgan fingerprint density at radius 2 is 1.65 bits per heavy atom. The van der Waals surface area contributed by atoms with E-state index >= 15 is 0 Å². The number of carboxylic acids is 1. The zero-order valence-corrected chi connectivity index (χ0v) is 18.0. The summed E-state index contributed by atoms with van der Waals surface area (Å²) >= 11 is 0. The molecule has 0 amide bonds. The highest BCUT2D eigenvalue weighted by Gasteiger charge is 2.12. The third kappa shape index (κ3) is 5.53. The Labute approximate surface area is 183 Å².